The SMILES string of the molecule is CC1(C)c2ccccc2-c2ccc(N(c3ccc(-c4ccccc4)cc3)c3c4c(cc5c3Cc3ccccc3-5)-c3ccccc3C4)cc21. The first-order valence-electron chi connectivity index (χ1n) is 17.1. The minimum Gasteiger partial charge on any atom is -0.310 e. The van der Waals surface area contributed by atoms with Crippen molar-refractivity contribution in [1.29, 1.82) is 0 Å². The second kappa shape index (κ2) is 10.2. The van der Waals surface area contributed by atoms with Crippen LogP contribution < -0.4 is 4.90 Å². The summed E-state index contributed by atoms with van der Waals surface area (Å²) in [5.41, 5.74) is 22.8. The summed E-state index contributed by atoms with van der Waals surface area (Å²) < 4.78 is 0. The molecule has 0 saturated heterocycles. The lowest BCUT2D eigenvalue weighted by Crippen LogP contribution is -2.18. The molecule has 0 N–H and O–H groups in total. The highest BCUT2D eigenvalue weighted by molar-refractivity contribution is 5.97. The summed E-state index contributed by atoms with van der Waals surface area (Å²) in [6, 6.07) is 56.6. The molecule has 0 bridgehead atoms. The summed E-state index contributed by atoms with van der Waals surface area (Å²) in [7, 11) is 0. The summed E-state index contributed by atoms with van der Waals surface area (Å²) >= 11 is 0. The van der Waals surface area contributed by atoms with Crippen molar-refractivity contribution in [3.8, 4) is 44.5 Å². The van der Waals surface area contributed by atoms with E-state index in [1.807, 2.05) is 0 Å². The average Bonchev–Trinajstić information content (AvgIpc) is 3.77. The highest BCUT2D eigenvalue weighted by Gasteiger charge is 2.37. The van der Waals surface area contributed by atoms with Crippen molar-refractivity contribution in [2.24, 2.45) is 0 Å². The molecule has 0 fully saturated rings. The van der Waals surface area contributed by atoms with Crippen LogP contribution in [0, 0.1) is 0 Å². The number of fused-ring (bicyclic) bond motifs is 9. The van der Waals surface area contributed by atoms with Crippen molar-refractivity contribution in [3.63, 3.8) is 0 Å². The summed E-state index contributed by atoms with van der Waals surface area (Å²) in [5, 5.41) is 0. The standard InChI is InChI=1S/C47H35N/c1-47(2)44-19-11-10-18-38(44)39-25-24-35(28-45(39)47)48(34-22-20-31(21-23-34)30-12-4-3-5-13-30)46-42-26-32-14-6-8-16-36(32)40(42)29-41-37-17-9-7-15-33(37)27-43(41)46/h3-25,28-29H,26-27H2,1-2H3. The van der Waals surface area contributed by atoms with Crippen molar-refractivity contribution in [2.75, 3.05) is 4.90 Å². The van der Waals surface area contributed by atoms with Gasteiger partial charge in [-0.05, 0) is 108 Å². The average molecular weight is 614 g/mol. The Morgan fingerprint density at radius 1 is 0.417 bits per heavy atom. The molecule has 0 aromatic heterocycles. The smallest absolute Gasteiger partial charge is 0.0544 e. The molecule has 228 valence electrons. The molecule has 3 aliphatic rings. The Morgan fingerprint density at radius 3 is 1.60 bits per heavy atom. The van der Waals surface area contributed by atoms with Crippen molar-refractivity contribution >= 4 is 17.1 Å². The Hall–Kier alpha value is -5.66. The third-order valence-corrected chi connectivity index (χ3v) is 11.1. The Morgan fingerprint density at radius 2 is 0.938 bits per heavy atom. The van der Waals surface area contributed by atoms with Gasteiger partial charge in [0.2, 0.25) is 0 Å². The van der Waals surface area contributed by atoms with Gasteiger partial charge >= 0.3 is 0 Å². The van der Waals surface area contributed by atoms with Crippen LogP contribution in [0.5, 0.6) is 0 Å². The third kappa shape index (κ3) is 3.91. The Balaban J connectivity index is 1.24. The van der Waals surface area contributed by atoms with Crippen molar-refractivity contribution in [2.45, 2.75) is 32.1 Å². The maximum atomic E-state index is 2.59. The zero-order chi connectivity index (χ0) is 32.0. The fourth-order valence-corrected chi connectivity index (χ4v) is 8.79. The Bertz CT molecular complexity index is 2340. The van der Waals surface area contributed by atoms with Crippen LogP contribution in [-0.2, 0) is 18.3 Å². The Labute approximate surface area is 282 Å². The topological polar surface area (TPSA) is 3.24 Å². The molecule has 0 atom stereocenters. The lowest BCUT2D eigenvalue weighted by atomic mass is 9.82. The van der Waals surface area contributed by atoms with Crippen LogP contribution in [0.15, 0.2) is 152 Å². The van der Waals surface area contributed by atoms with Gasteiger partial charge in [0.05, 0.1) is 5.69 Å². The highest BCUT2D eigenvalue weighted by atomic mass is 15.1. The molecule has 48 heavy (non-hydrogen) atoms. The van der Waals surface area contributed by atoms with Crippen molar-refractivity contribution in [1.82, 2.24) is 0 Å². The van der Waals surface area contributed by atoms with Crippen molar-refractivity contribution in [3.05, 3.63) is 185 Å². The van der Waals surface area contributed by atoms with E-state index >= 15 is 0 Å². The van der Waals surface area contributed by atoms with Gasteiger partial charge in [-0.2, -0.15) is 0 Å². The molecular formula is C47H35N. The zero-order valence-corrected chi connectivity index (χ0v) is 27.3. The van der Waals surface area contributed by atoms with E-state index in [2.05, 4.69) is 170 Å². The van der Waals surface area contributed by atoms with E-state index in [0.29, 0.717) is 0 Å². The van der Waals surface area contributed by atoms with Crippen LogP contribution in [0.25, 0.3) is 44.5 Å². The predicted octanol–water partition coefficient (Wildman–Crippen LogP) is 12.3. The largest absolute Gasteiger partial charge is 0.310 e. The molecule has 0 spiro atoms. The molecule has 7 aromatic carbocycles. The number of nitrogens with zero attached hydrogens (tertiary/aromatic N) is 1. The van der Waals surface area contributed by atoms with Gasteiger partial charge < -0.3 is 4.90 Å². The van der Waals surface area contributed by atoms with E-state index in [9.17, 15) is 0 Å². The van der Waals surface area contributed by atoms with E-state index in [1.54, 1.807) is 0 Å². The van der Waals surface area contributed by atoms with E-state index < -0.39 is 0 Å². The summed E-state index contributed by atoms with van der Waals surface area (Å²) in [6.45, 7) is 4.76. The lowest BCUT2D eigenvalue weighted by Gasteiger charge is -2.32. The van der Waals surface area contributed by atoms with Gasteiger partial charge in [-0.25, -0.2) is 0 Å². The minimum absolute atomic E-state index is 0.0855. The lowest BCUT2D eigenvalue weighted by molar-refractivity contribution is 0.660. The molecule has 0 unspecified atom stereocenters. The predicted molar refractivity (Wildman–Crippen MR) is 201 cm³/mol. The molecule has 7 aromatic rings. The zero-order valence-electron chi connectivity index (χ0n) is 27.3. The van der Waals surface area contributed by atoms with E-state index in [4.69, 9.17) is 0 Å². The van der Waals surface area contributed by atoms with Crippen LogP contribution in [0.3, 0.4) is 0 Å². The van der Waals surface area contributed by atoms with E-state index in [-0.39, 0.29) is 5.41 Å². The van der Waals surface area contributed by atoms with Crippen LogP contribution >= 0.6 is 0 Å². The summed E-state index contributed by atoms with van der Waals surface area (Å²) in [4.78, 5) is 2.59. The van der Waals surface area contributed by atoms with Gasteiger partial charge in [0.15, 0.2) is 0 Å². The number of benzene rings is 7. The first-order chi connectivity index (χ1) is 23.6. The number of hydrogen-bond acceptors (Lipinski definition) is 1. The maximum Gasteiger partial charge on any atom is 0.0544 e. The third-order valence-electron chi connectivity index (χ3n) is 11.1. The molecule has 0 amide bonds. The van der Waals surface area contributed by atoms with Crippen LogP contribution in [0.4, 0.5) is 17.1 Å². The molecule has 0 saturated carbocycles. The molecular weight excluding hydrogens is 579 g/mol. The van der Waals surface area contributed by atoms with Crippen LogP contribution in [0.1, 0.15) is 47.2 Å². The quantitative estimate of drug-likeness (QED) is 0.191. The van der Waals surface area contributed by atoms with Crippen LogP contribution in [0.2, 0.25) is 0 Å². The van der Waals surface area contributed by atoms with E-state index in [1.165, 1.54) is 95.0 Å². The molecule has 1 nitrogen and oxygen atoms in total. The van der Waals surface area contributed by atoms with Gasteiger partial charge in [-0.15, -0.1) is 0 Å². The molecule has 3 aliphatic carbocycles. The van der Waals surface area contributed by atoms with Crippen LogP contribution in [-0.4, -0.2) is 0 Å². The minimum atomic E-state index is -0.0855. The molecule has 0 aliphatic heterocycles. The van der Waals surface area contributed by atoms with Gasteiger partial charge in [-0.3, -0.25) is 0 Å². The van der Waals surface area contributed by atoms with Gasteiger partial charge in [0.1, 0.15) is 0 Å². The number of hydrogen-bond donors (Lipinski definition) is 0. The normalized spacial score (nSPS) is 14.0. The van der Waals surface area contributed by atoms with Gasteiger partial charge in [0, 0.05) is 29.6 Å². The monoisotopic (exact) mass is 613 g/mol. The Kier molecular flexibility index (Phi) is 5.82. The molecule has 10 rings (SSSR count). The number of anilines is 3. The molecule has 0 heterocycles. The number of rotatable bonds is 4. The second-order valence-electron chi connectivity index (χ2n) is 14.1. The second-order valence-corrected chi connectivity index (χ2v) is 14.1. The summed E-state index contributed by atoms with van der Waals surface area (Å²) in [5.74, 6) is 0. The first kappa shape index (κ1) is 27.5. The first-order valence-corrected chi connectivity index (χ1v) is 17.1. The molecule has 1 heteroatoms. The summed E-state index contributed by atoms with van der Waals surface area (Å²) in [6.07, 6.45) is 1.87. The van der Waals surface area contributed by atoms with Gasteiger partial charge in [0.25, 0.3) is 0 Å². The molecule has 0 radical (unpaired) electrons. The maximum absolute atomic E-state index is 2.59. The van der Waals surface area contributed by atoms with Gasteiger partial charge in [-0.1, -0.05) is 135 Å². The highest BCUT2D eigenvalue weighted by Crippen LogP contribution is 2.55. The van der Waals surface area contributed by atoms with Crippen molar-refractivity contribution < 1.29 is 0 Å². The van der Waals surface area contributed by atoms with E-state index in [0.717, 1.165) is 12.8 Å². The fraction of sp³-hybridized carbons (Fsp3) is 0.106. The fourth-order valence-electron chi connectivity index (χ4n) is 8.79.